The molecule has 2 N–H and O–H groups in total. The summed E-state index contributed by atoms with van der Waals surface area (Å²) >= 11 is 3.59. The van der Waals surface area contributed by atoms with Crippen LogP contribution in [0.15, 0.2) is 34.5 Å². The number of benzene rings is 1. The van der Waals surface area contributed by atoms with Crippen molar-refractivity contribution >= 4 is 49.9 Å². The number of nitrogens with zero attached hydrogens (tertiary/aromatic N) is 3. The zero-order valence-corrected chi connectivity index (χ0v) is 21.7. The summed E-state index contributed by atoms with van der Waals surface area (Å²) in [5, 5.41) is 12.3. The highest BCUT2D eigenvalue weighted by molar-refractivity contribution is 14.1. The number of halogens is 1. The molecule has 2 aromatic heterocycles. The van der Waals surface area contributed by atoms with Crippen LogP contribution < -0.4 is 5.14 Å². The van der Waals surface area contributed by atoms with Crippen LogP contribution in [0.25, 0.3) is 5.13 Å². The van der Waals surface area contributed by atoms with E-state index in [1.54, 1.807) is 29.1 Å². The Bertz CT molecular complexity index is 1190. The molecule has 2 heterocycles. The Kier molecular flexibility index (Phi) is 8.42. The van der Waals surface area contributed by atoms with Gasteiger partial charge in [-0.15, -0.1) is 11.3 Å². The normalized spacial score (nSPS) is 11.6. The number of primary sulfonamides is 1. The molecule has 0 aliphatic rings. The quantitative estimate of drug-likeness (QED) is 0.217. The SMILES string of the molecule is CCCCCc1nn(-c2nc(C(=O)OCC)cs2)c(I)c1Cc1ccc(S(N)(=O)=O)cc1. The highest BCUT2D eigenvalue weighted by Crippen LogP contribution is 2.27. The first-order chi connectivity index (χ1) is 15.2. The average Bonchev–Trinajstić information content (AvgIpc) is 3.34. The number of sulfonamides is 1. The first kappa shape index (κ1) is 24.8. The number of unbranched alkanes of at least 4 members (excludes halogenated alkanes) is 2. The third kappa shape index (κ3) is 5.94. The van der Waals surface area contributed by atoms with Crippen LogP contribution in [0.5, 0.6) is 0 Å². The molecule has 8 nitrogen and oxygen atoms in total. The lowest BCUT2D eigenvalue weighted by molar-refractivity contribution is 0.0520. The monoisotopic (exact) mass is 588 g/mol. The second-order valence-electron chi connectivity index (χ2n) is 7.19. The van der Waals surface area contributed by atoms with Gasteiger partial charge in [-0.2, -0.15) is 9.78 Å². The van der Waals surface area contributed by atoms with E-state index < -0.39 is 16.0 Å². The van der Waals surface area contributed by atoms with E-state index in [1.807, 2.05) is 0 Å². The maximum absolute atomic E-state index is 12.0. The second kappa shape index (κ2) is 10.9. The van der Waals surface area contributed by atoms with Crippen molar-refractivity contribution in [1.82, 2.24) is 14.8 Å². The van der Waals surface area contributed by atoms with Gasteiger partial charge < -0.3 is 4.74 Å². The van der Waals surface area contributed by atoms with E-state index in [2.05, 4.69) is 34.5 Å². The van der Waals surface area contributed by atoms with Crippen molar-refractivity contribution in [3.8, 4) is 5.13 Å². The fourth-order valence-corrected chi connectivity index (χ4v) is 5.44. The Labute approximate surface area is 205 Å². The summed E-state index contributed by atoms with van der Waals surface area (Å²) in [7, 11) is -3.73. The predicted molar refractivity (Wildman–Crippen MR) is 132 cm³/mol. The van der Waals surface area contributed by atoms with E-state index >= 15 is 0 Å². The summed E-state index contributed by atoms with van der Waals surface area (Å²) in [4.78, 5) is 16.5. The molecule has 1 aromatic carbocycles. The lowest BCUT2D eigenvalue weighted by Gasteiger charge is -2.05. The summed E-state index contributed by atoms with van der Waals surface area (Å²) in [5.41, 5.74) is 3.27. The molecule has 172 valence electrons. The molecule has 0 unspecified atom stereocenters. The molecule has 11 heteroatoms. The molecule has 0 amide bonds. The topological polar surface area (TPSA) is 117 Å². The van der Waals surface area contributed by atoms with Crippen LogP contribution in [-0.2, 0) is 27.6 Å². The van der Waals surface area contributed by atoms with Crippen LogP contribution in [0.1, 0.15) is 60.4 Å². The first-order valence-corrected chi connectivity index (χ1v) is 13.8. The molecular weight excluding hydrogens is 563 g/mol. The van der Waals surface area contributed by atoms with Crippen LogP contribution in [-0.4, -0.2) is 35.8 Å². The number of hydrogen-bond acceptors (Lipinski definition) is 7. The maximum atomic E-state index is 12.0. The minimum absolute atomic E-state index is 0.0871. The molecule has 32 heavy (non-hydrogen) atoms. The van der Waals surface area contributed by atoms with Gasteiger partial charge in [-0.05, 0) is 60.1 Å². The zero-order valence-electron chi connectivity index (χ0n) is 17.9. The number of aromatic nitrogens is 3. The third-order valence-electron chi connectivity index (χ3n) is 4.81. The number of thiazole rings is 1. The first-order valence-electron chi connectivity index (χ1n) is 10.3. The lowest BCUT2D eigenvalue weighted by atomic mass is 10.0. The standard InChI is InChI=1S/C21H25IN4O4S2/c1-3-5-6-7-17-16(12-14-8-10-15(11-9-14)32(23,28)29)19(22)26(25-17)21-24-18(13-31-21)20(27)30-4-2/h8-11,13H,3-7,12H2,1-2H3,(H2,23,28,29). The predicted octanol–water partition coefficient (Wildman–Crippen LogP) is 4.08. The minimum Gasteiger partial charge on any atom is -0.461 e. The van der Waals surface area contributed by atoms with Gasteiger partial charge in [0.05, 0.1) is 17.2 Å². The number of hydrogen-bond donors (Lipinski definition) is 1. The van der Waals surface area contributed by atoms with Crippen molar-refractivity contribution in [2.45, 2.75) is 50.8 Å². The molecule has 0 bridgehead atoms. The molecule has 0 saturated heterocycles. The van der Waals surface area contributed by atoms with Gasteiger partial charge in [-0.25, -0.2) is 23.3 Å². The summed E-state index contributed by atoms with van der Waals surface area (Å²) in [6, 6.07) is 6.58. The van der Waals surface area contributed by atoms with Crippen LogP contribution in [0.2, 0.25) is 0 Å². The van der Waals surface area contributed by atoms with Crippen molar-refractivity contribution in [3.05, 3.63) is 55.9 Å². The molecule has 3 rings (SSSR count). The van der Waals surface area contributed by atoms with Crippen molar-refractivity contribution in [1.29, 1.82) is 0 Å². The largest absolute Gasteiger partial charge is 0.461 e. The van der Waals surface area contributed by atoms with Gasteiger partial charge in [0, 0.05) is 17.4 Å². The van der Waals surface area contributed by atoms with E-state index in [0.29, 0.717) is 18.2 Å². The molecule has 0 spiro atoms. The van der Waals surface area contributed by atoms with E-state index in [-0.39, 0.29) is 10.6 Å². The van der Waals surface area contributed by atoms with E-state index in [1.165, 1.54) is 23.5 Å². The summed E-state index contributed by atoms with van der Waals surface area (Å²) in [5.74, 6) is -0.449. The Balaban J connectivity index is 1.94. The van der Waals surface area contributed by atoms with Gasteiger partial charge in [0.1, 0.15) is 3.70 Å². The highest BCUT2D eigenvalue weighted by Gasteiger charge is 2.21. The number of ether oxygens (including phenoxy) is 1. The minimum atomic E-state index is -3.73. The Hall–Kier alpha value is -1.83. The number of nitrogens with two attached hydrogens (primary N) is 1. The summed E-state index contributed by atoms with van der Waals surface area (Å²) < 4.78 is 30.8. The number of rotatable bonds is 10. The fraction of sp³-hybridized carbons (Fsp3) is 0.381. The number of carbonyl (C=O) groups excluding carboxylic acids is 1. The van der Waals surface area contributed by atoms with Crippen LogP contribution in [0.3, 0.4) is 0 Å². The van der Waals surface area contributed by atoms with Gasteiger partial charge in [0.15, 0.2) is 5.69 Å². The average molecular weight is 588 g/mol. The molecule has 3 aromatic rings. The molecular formula is C21H25IN4O4S2. The zero-order chi connectivity index (χ0) is 23.3. The highest BCUT2D eigenvalue weighted by atomic mass is 127. The van der Waals surface area contributed by atoms with Crippen molar-refractivity contribution in [3.63, 3.8) is 0 Å². The second-order valence-corrected chi connectivity index (χ2v) is 10.6. The molecule has 0 saturated carbocycles. The lowest BCUT2D eigenvalue weighted by Crippen LogP contribution is -2.11. The Morgan fingerprint density at radius 1 is 1.22 bits per heavy atom. The number of esters is 1. The third-order valence-corrected chi connectivity index (χ3v) is 7.67. The molecule has 0 fully saturated rings. The van der Waals surface area contributed by atoms with E-state index in [0.717, 1.165) is 46.2 Å². The van der Waals surface area contributed by atoms with Crippen LogP contribution >= 0.6 is 33.9 Å². The fourth-order valence-electron chi connectivity index (χ4n) is 3.18. The van der Waals surface area contributed by atoms with Gasteiger partial charge >= 0.3 is 5.97 Å². The van der Waals surface area contributed by atoms with E-state index in [4.69, 9.17) is 15.0 Å². The summed E-state index contributed by atoms with van der Waals surface area (Å²) in [6.07, 6.45) is 4.67. The molecule has 0 atom stereocenters. The molecule has 0 aliphatic carbocycles. The Morgan fingerprint density at radius 2 is 1.94 bits per heavy atom. The number of aryl methyl sites for hydroxylation is 1. The maximum Gasteiger partial charge on any atom is 0.357 e. The number of carbonyl (C=O) groups is 1. The smallest absolute Gasteiger partial charge is 0.357 e. The molecule has 0 aliphatic heterocycles. The van der Waals surface area contributed by atoms with Crippen molar-refractivity contribution < 1.29 is 17.9 Å². The summed E-state index contributed by atoms with van der Waals surface area (Å²) in [6.45, 7) is 4.20. The van der Waals surface area contributed by atoms with Crippen molar-refractivity contribution in [2.75, 3.05) is 6.61 Å². The van der Waals surface area contributed by atoms with Crippen LogP contribution in [0, 0.1) is 3.70 Å². The molecule has 0 radical (unpaired) electrons. The van der Waals surface area contributed by atoms with Gasteiger partial charge in [-0.3, -0.25) is 0 Å². The van der Waals surface area contributed by atoms with E-state index in [9.17, 15) is 13.2 Å². The van der Waals surface area contributed by atoms with Crippen molar-refractivity contribution in [2.24, 2.45) is 5.14 Å². The van der Waals surface area contributed by atoms with Crippen LogP contribution in [0.4, 0.5) is 0 Å². The van der Waals surface area contributed by atoms with Gasteiger partial charge in [0.25, 0.3) is 0 Å². The Morgan fingerprint density at radius 3 is 2.56 bits per heavy atom. The van der Waals surface area contributed by atoms with Gasteiger partial charge in [0.2, 0.25) is 15.2 Å². The van der Waals surface area contributed by atoms with Gasteiger partial charge in [-0.1, -0.05) is 31.9 Å².